The van der Waals surface area contributed by atoms with E-state index < -0.39 is 5.97 Å². The third kappa shape index (κ3) is 4.28. The third-order valence-electron chi connectivity index (χ3n) is 5.79. The summed E-state index contributed by atoms with van der Waals surface area (Å²) in [6.45, 7) is 3.00. The number of rotatable bonds is 5. The van der Waals surface area contributed by atoms with E-state index in [1.165, 1.54) is 0 Å². The smallest absolute Gasteiger partial charge is 0.344 e. The zero-order valence-electron chi connectivity index (χ0n) is 16.6. The van der Waals surface area contributed by atoms with Gasteiger partial charge in [-0.1, -0.05) is 6.92 Å². The second kappa shape index (κ2) is 8.27. The molecule has 1 fully saturated rings. The maximum Gasteiger partial charge on any atom is 0.344 e. The van der Waals surface area contributed by atoms with Gasteiger partial charge in [-0.15, -0.1) is 0 Å². The van der Waals surface area contributed by atoms with Gasteiger partial charge in [0.2, 0.25) is 0 Å². The Hall–Kier alpha value is -2.83. The van der Waals surface area contributed by atoms with Crippen LogP contribution in [-0.4, -0.2) is 43.1 Å². The van der Waals surface area contributed by atoms with Gasteiger partial charge in [0.25, 0.3) is 5.91 Å². The summed E-state index contributed by atoms with van der Waals surface area (Å²) in [5.41, 5.74) is 1.97. The third-order valence-corrected chi connectivity index (χ3v) is 5.79. The highest BCUT2D eigenvalue weighted by Crippen LogP contribution is 2.29. The molecule has 0 saturated carbocycles. The summed E-state index contributed by atoms with van der Waals surface area (Å²) in [4.78, 5) is 37.9. The number of piperidine rings is 1. The molecule has 2 aromatic rings. The van der Waals surface area contributed by atoms with Crippen molar-refractivity contribution in [1.29, 1.82) is 0 Å². The normalized spacial score (nSPS) is 16.7. The van der Waals surface area contributed by atoms with Gasteiger partial charge < -0.3 is 18.8 Å². The van der Waals surface area contributed by atoms with E-state index >= 15 is 0 Å². The van der Waals surface area contributed by atoms with Gasteiger partial charge in [-0.05, 0) is 55.7 Å². The molecule has 0 spiro atoms. The molecule has 4 rings (SSSR count). The van der Waals surface area contributed by atoms with Crippen LogP contribution in [0.1, 0.15) is 37.3 Å². The highest BCUT2D eigenvalue weighted by atomic mass is 16.6. The summed E-state index contributed by atoms with van der Waals surface area (Å²) >= 11 is 0. The van der Waals surface area contributed by atoms with Crippen LogP contribution in [0.25, 0.3) is 11.0 Å². The van der Waals surface area contributed by atoms with Crippen molar-refractivity contribution in [3.8, 4) is 5.75 Å². The van der Waals surface area contributed by atoms with Gasteiger partial charge in [-0.25, -0.2) is 9.59 Å². The SMILES string of the molecule is CC1CCN(C(=O)COC(=O)COc2ccc3c4c(c(=O)oc3c2)CCC4)CC1. The van der Waals surface area contributed by atoms with E-state index in [0.29, 0.717) is 30.3 Å². The van der Waals surface area contributed by atoms with E-state index in [4.69, 9.17) is 13.9 Å². The first-order valence-electron chi connectivity index (χ1n) is 10.2. The Morgan fingerprint density at radius 1 is 1.14 bits per heavy atom. The fraction of sp³-hybridized carbons (Fsp3) is 0.500. The molecule has 1 aliphatic heterocycles. The molecule has 1 aromatic heterocycles. The first kappa shape index (κ1) is 19.5. The fourth-order valence-corrected chi connectivity index (χ4v) is 4.03. The van der Waals surface area contributed by atoms with E-state index in [-0.39, 0.29) is 24.7 Å². The largest absolute Gasteiger partial charge is 0.482 e. The minimum Gasteiger partial charge on any atom is -0.482 e. The Balaban J connectivity index is 1.31. The molecule has 1 aliphatic carbocycles. The Bertz CT molecular complexity index is 987. The van der Waals surface area contributed by atoms with E-state index in [2.05, 4.69) is 6.92 Å². The maximum atomic E-state index is 12.1. The van der Waals surface area contributed by atoms with E-state index in [9.17, 15) is 14.4 Å². The number of ether oxygens (including phenoxy) is 2. The van der Waals surface area contributed by atoms with Gasteiger partial charge in [-0.3, -0.25) is 4.79 Å². The minimum atomic E-state index is -0.612. The second-order valence-corrected chi connectivity index (χ2v) is 7.87. The number of nitrogens with zero attached hydrogens (tertiary/aromatic N) is 1. The predicted octanol–water partition coefficient (Wildman–Crippen LogP) is 2.46. The van der Waals surface area contributed by atoms with Crippen LogP contribution in [0.15, 0.2) is 27.4 Å². The number of aryl methyl sites for hydroxylation is 1. The second-order valence-electron chi connectivity index (χ2n) is 7.87. The average molecular weight is 399 g/mol. The molecule has 1 aromatic carbocycles. The zero-order valence-corrected chi connectivity index (χ0v) is 16.6. The predicted molar refractivity (Wildman–Crippen MR) is 106 cm³/mol. The number of carbonyl (C=O) groups is 2. The molecule has 0 radical (unpaired) electrons. The summed E-state index contributed by atoms with van der Waals surface area (Å²) < 4.78 is 15.9. The van der Waals surface area contributed by atoms with E-state index in [0.717, 1.165) is 48.6 Å². The summed E-state index contributed by atoms with van der Waals surface area (Å²) in [7, 11) is 0. The number of amides is 1. The van der Waals surface area contributed by atoms with Gasteiger partial charge in [-0.2, -0.15) is 0 Å². The number of hydrogen-bond acceptors (Lipinski definition) is 6. The van der Waals surface area contributed by atoms with Crippen LogP contribution in [0.4, 0.5) is 0 Å². The first-order chi connectivity index (χ1) is 14.0. The molecule has 0 atom stereocenters. The van der Waals surface area contributed by atoms with Crippen LogP contribution in [0.5, 0.6) is 5.75 Å². The molecular formula is C22H25NO6. The number of fused-ring (bicyclic) bond motifs is 3. The quantitative estimate of drug-likeness (QED) is 0.567. The average Bonchev–Trinajstić information content (AvgIpc) is 3.21. The summed E-state index contributed by atoms with van der Waals surface area (Å²) in [6.07, 6.45) is 4.54. The van der Waals surface area contributed by atoms with Gasteiger partial charge in [0.1, 0.15) is 11.3 Å². The molecule has 0 N–H and O–H groups in total. The van der Waals surface area contributed by atoms with Crippen LogP contribution in [0.3, 0.4) is 0 Å². The molecule has 0 unspecified atom stereocenters. The number of hydrogen-bond donors (Lipinski definition) is 0. The lowest BCUT2D eigenvalue weighted by molar-refractivity contribution is -0.154. The zero-order chi connectivity index (χ0) is 20.4. The number of likely N-dealkylation sites (tertiary alicyclic amines) is 1. The lowest BCUT2D eigenvalue weighted by Crippen LogP contribution is -2.40. The molecule has 7 nitrogen and oxygen atoms in total. The number of esters is 1. The molecule has 154 valence electrons. The maximum absolute atomic E-state index is 12.1. The van der Waals surface area contributed by atoms with Gasteiger partial charge in [0.05, 0.1) is 0 Å². The van der Waals surface area contributed by atoms with Gasteiger partial charge in [0, 0.05) is 30.1 Å². The minimum absolute atomic E-state index is 0.174. The molecule has 0 bridgehead atoms. The summed E-state index contributed by atoms with van der Waals surface area (Å²) in [5.74, 6) is 0.250. The van der Waals surface area contributed by atoms with Crippen molar-refractivity contribution in [3.63, 3.8) is 0 Å². The van der Waals surface area contributed by atoms with Crippen LogP contribution in [0.2, 0.25) is 0 Å². The van der Waals surface area contributed by atoms with Gasteiger partial charge in [0.15, 0.2) is 13.2 Å². The molecule has 1 amide bonds. The van der Waals surface area contributed by atoms with Crippen LogP contribution in [0, 0.1) is 5.92 Å². The van der Waals surface area contributed by atoms with Crippen molar-refractivity contribution in [2.45, 2.75) is 39.0 Å². The van der Waals surface area contributed by atoms with Crippen LogP contribution >= 0.6 is 0 Å². The Labute approximate surface area is 168 Å². The molecule has 1 saturated heterocycles. The standard InChI is InChI=1S/C22H25NO6/c1-14-7-9-23(10-8-14)20(24)12-28-21(25)13-27-15-5-6-17-16-3-2-4-18(16)22(26)29-19(17)11-15/h5-6,11,14H,2-4,7-10,12-13H2,1H3. The van der Waals surface area contributed by atoms with Crippen molar-refractivity contribution < 1.29 is 23.5 Å². The van der Waals surface area contributed by atoms with Crippen molar-refractivity contribution in [3.05, 3.63) is 39.7 Å². The summed E-state index contributed by atoms with van der Waals surface area (Å²) in [6, 6.07) is 5.21. The van der Waals surface area contributed by atoms with Crippen molar-refractivity contribution in [2.75, 3.05) is 26.3 Å². The molecule has 29 heavy (non-hydrogen) atoms. The van der Waals surface area contributed by atoms with Crippen LogP contribution < -0.4 is 10.4 Å². The first-order valence-corrected chi connectivity index (χ1v) is 10.2. The van der Waals surface area contributed by atoms with Crippen molar-refractivity contribution in [1.82, 2.24) is 4.90 Å². The summed E-state index contributed by atoms with van der Waals surface area (Å²) in [5, 5.41) is 0.911. The number of carbonyl (C=O) groups excluding carboxylic acids is 2. The molecule has 7 heteroatoms. The Morgan fingerprint density at radius 3 is 2.69 bits per heavy atom. The van der Waals surface area contributed by atoms with Crippen molar-refractivity contribution >= 4 is 22.8 Å². The monoisotopic (exact) mass is 399 g/mol. The van der Waals surface area contributed by atoms with E-state index in [1.54, 1.807) is 17.0 Å². The highest BCUT2D eigenvalue weighted by Gasteiger charge is 2.22. The lowest BCUT2D eigenvalue weighted by Gasteiger charge is -2.30. The van der Waals surface area contributed by atoms with E-state index in [1.807, 2.05) is 6.07 Å². The lowest BCUT2D eigenvalue weighted by atomic mass is 9.99. The van der Waals surface area contributed by atoms with Crippen molar-refractivity contribution in [2.24, 2.45) is 5.92 Å². The Morgan fingerprint density at radius 2 is 1.90 bits per heavy atom. The Kier molecular flexibility index (Phi) is 5.56. The molecular weight excluding hydrogens is 374 g/mol. The molecule has 2 heterocycles. The highest BCUT2D eigenvalue weighted by molar-refractivity contribution is 5.83. The van der Waals surface area contributed by atoms with Gasteiger partial charge >= 0.3 is 11.6 Å². The molecule has 2 aliphatic rings. The fourth-order valence-electron chi connectivity index (χ4n) is 4.03. The number of benzene rings is 1. The topological polar surface area (TPSA) is 86.0 Å². The van der Waals surface area contributed by atoms with Crippen LogP contribution in [-0.2, 0) is 27.2 Å².